The predicted octanol–water partition coefficient (Wildman–Crippen LogP) is 3.57. The summed E-state index contributed by atoms with van der Waals surface area (Å²) in [5.41, 5.74) is 1.62. The van der Waals surface area contributed by atoms with Crippen LogP contribution >= 0.6 is 0 Å². The van der Waals surface area contributed by atoms with Crippen LogP contribution in [0.4, 0.5) is 0 Å². The minimum Gasteiger partial charge on any atom is -0.466 e. The summed E-state index contributed by atoms with van der Waals surface area (Å²) >= 11 is 0. The SMILES string of the molecule is COC(=O)/C=C1/CCC2C3CCC4=CC(=O)C=CC4(C)C3C(=O)CC12C. The quantitative estimate of drug-likeness (QED) is 0.533. The molecule has 4 aliphatic carbocycles. The second kappa shape index (κ2) is 5.77. The maximum Gasteiger partial charge on any atom is 0.330 e. The Balaban J connectivity index is 1.72. The highest BCUT2D eigenvalue weighted by atomic mass is 16.5. The van der Waals surface area contributed by atoms with E-state index in [1.807, 2.05) is 6.08 Å². The van der Waals surface area contributed by atoms with Crippen LogP contribution in [0.2, 0.25) is 0 Å². The Labute approximate surface area is 154 Å². The Bertz CT molecular complexity index is 786. The number of hydrogen-bond acceptors (Lipinski definition) is 4. The predicted molar refractivity (Wildman–Crippen MR) is 97.1 cm³/mol. The van der Waals surface area contributed by atoms with Crippen molar-refractivity contribution in [2.45, 2.75) is 46.0 Å². The van der Waals surface area contributed by atoms with Crippen LogP contribution in [0.3, 0.4) is 0 Å². The number of rotatable bonds is 1. The lowest BCUT2D eigenvalue weighted by Crippen LogP contribution is -2.53. The number of hydrogen-bond donors (Lipinski definition) is 0. The van der Waals surface area contributed by atoms with Gasteiger partial charge in [-0.1, -0.05) is 31.1 Å². The first-order valence-corrected chi connectivity index (χ1v) is 9.55. The molecule has 0 heterocycles. The Kier molecular flexibility index (Phi) is 3.87. The minimum atomic E-state index is -0.329. The summed E-state index contributed by atoms with van der Waals surface area (Å²) in [7, 11) is 1.39. The Morgan fingerprint density at radius 2 is 2.00 bits per heavy atom. The summed E-state index contributed by atoms with van der Waals surface area (Å²) < 4.78 is 4.82. The normalized spacial score (nSPS) is 42.8. The van der Waals surface area contributed by atoms with Crippen molar-refractivity contribution >= 4 is 17.5 Å². The molecule has 138 valence electrons. The number of fused-ring (bicyclic) bond motifs is 5. The highest BCUT2D eigenvalue weighted by Crippen LogP contribution is 2.64. The van der Waals surface area contributed by atoms with E-state index in [4.69, 9.17) is 4.74 Å². The van der Waals surface area contributed by atoms with E-state index in [-0.39, 0.29) is 34.3 Å². The maximum atomic E-state index is 13.3. The van der Waals surface area contributed by atoms with Crippen molar-refractivity contribution in [1.82, 2.24) is 0 Å². The van der Waals surface area contributed by atoms with Crippen LogP contribution in [0.25, 0.3) is 0 Å². The van der Waals surface area contributed by atoms with Crippen molar-refractivity contribution in [3.63, 3.8) is 0 Å². The summed E-state index contributed by atoms with van der Waals surface area (Å²) in [6.07, 6.45) is 11.1. The molecule has 4 heteroatoms. The topological polar surface area (TPSA) is 60.4 Å². The molecule has 5 atom stereocenters. The largest absolute Gasteiger partial charge is 0.466 e. The van der Waals surface area contributed by atoms with Gasteiger partial charge in [-0.05, 0) is 55.1 Å². The molecule has 3 fully saturated rings. The molecule has 4 nitrogen and oxygen atoms in total. The fraction of sp³-hybridized carbons (Fsp3) is 0.591. The van der Waals surface area contributed by atoms with Crippen LogP contribution in [0.5, 0.6) is 0 Å². The lowest BCUT2D eigenvalue weighted by Gasteiger charge is -2.55. The molecule has 4 aliphatic rings. The molecule has 5 unspecified atom stereocenters. The third kappa shape index (κ3) is 2.30. The van der Waals surface area contributed by atoms with Gasteiger partial charge >= 0.3 is 5.97 Å². The van der Waals surface area contributed by atoms with Gasteiger partial charge in [0, 0.05) is 23.8 Å². The number of methoxy groups -OCH3 is 1. The molecule has 0 aromatic rings. The van der Waals surface area contributed by atoms with Gasteiger partial charge in [-0.25, -0.2) is 4.79 Å². The molecule has 26 heavy (non-hydrogen) atoms. The molecular weight excluding hydrogens is 328 g/mol. The zero-order valence-corrected chi connectivity index (χ0v) is 15.7. The molecule has 0 aromatic carbocycles. The lowest BCUT2D eigenvalue weighted by atomic mass is 9.48. The Hall–Kier alpha value is -1.97. The number of esters is 1. The van der Waals surface area contributed by atoms with Crippen molar-refractivity contribution < 1.29 is 19.1 Å². The van der Waals surface area contributed by atoms with E-state index in [1.54, 1.807) is 18.2 Å². The van der Waals surface area contributed by atoms with Crippen LogP contribution in [0.1, 0.15) is 46.0 Å². The molecule has 0 N–H and O–H groups in total. The summed E-state index contributed by atoms with van der Waals surface area (Å²) in [5.74, 6) is 0.649. The molecule has 0 saturated heterocycles. The summed E-state index contributed by atoms with van der Waals surface area (Å²) in [4.78, 5) is 36.9. The first-order chi connectivity index (χ1) is 12.3. The third-order valence-electron chi connectivity index (χ3n) is 7.60. The number of carbonyl (C=O) groups is 3. The maximum absolute atomic E-state index is 13.3. The van der Waals surface area contributed by atoms with Crippen LogP contribution in [0.15, 0.2) is 35.5 Å². The van der Waals surface area contributed by atoms with E-state index < -0.39 is 0 Å². The second-order valence-electron chi connectivity index (χ2n) is 8.77. The summed E-state index contributed by atoms with van der Waals surface area (Å²) in [5, 5.41) is 0. The van der Waals surface area contributed by atoms with Crippen LogP contribution < -0.4 is 0 Å². The highest BCUT2D eigenvalue weighted by molar-refractivity contribution is 6.01. The Morgan fingerprint density at radius 3 is 2.73 bits per heavy atom. The van der Waals surface area contributed by atoms with Crippen molar-refractivity contribution in [2.75, 3.05) is 7.11 Å². The van der Waals surface area contributed by atoms with Crippen molar-refractivity contribution in [1.29, 1.82) is 0 Å². The fourth-order valence-electron chi connectivity index (χ4n) is 6.32. The van der Waals surface area contributed by atoms with Crippen molar-refractivity contribution in [2.24, 2.45) is 28.6 Å². The summed E-state index contributed by atoms with van der Waals surface area (Å²) in [6, 6.07) is 0. The van der Waals surface area contributed by atoms with Gasteiger partial charge in [0.25, 0.3) is 0 Å². The molecule has 0 amide bonds. The number of Topliss-reactive ketones (excluding diaryl/α,β-unsaturated/α-hetero) is 1. The zero-order valence-electron chi connectivity index (χ0n) is 15.7. The molecule has 3 saturated carbocycles. The van der Waals surface area contributed by atoms with Gasteiger partial charge in [0.2, 0.25) is 0 Å². The average Bonchev–Trinajstić information content (AvgIpc) is 2.91. The molecular formula is C22H26O4. The van der Waals surface area contributed by atoms with Gasteiger partial charge in [0.1, 0.15) is 5.78 Å². The van der Waals surface area contributed by atoms with Crippen LogP contribution in [0, 0.1) is 28.6 Å². The van der Waals surface area contributed by atoms with Crippen molar-refractivity contribution in [3.05, 3.63) is 35.5 Å². The third-order valence-corrected chi connectivity index (χ3v) is 7.60. The molecule has 0 aliphatic heterocycles. The number of carbonyl (C=O) groups excluding carboxylic acids is 3. The van der Waals surface area contributed by atoms with Gasteiger partial charge in [-0.2, -0.15) is 0 Å². The van der Waals surface area contributed by atoms with Gasteiger partial charge in [-0.3, -0.25) is 9.59 Å². The van der Waals surface area contributed by atoms with Crippen molar-refractivity contribution in [3.8, 4) is 0 Å². The molecule has 0 aromatic heterocycles. The highest BCUT2D eigenvalue weighted by Gasteiger charge is 2.60. The standard InChI is InChI=1S/C22H26O4/c1-21-9-8-15(23)10-13(21)4-6-16-17-7-5-14(11-19(25)26-3)22(17,2)12-18(24)20(16)21/h8-11,16-17,20H,4-7,12H2,1-3H3/b14-11-. The van der Waals surface area contributed by atoms with Crippen LogP contribution in [-0.2, 0) is 19.1 Å². The summed E-state index contributed by atoms with van der Waals surface area (Å²) in [6.45, 7) is 4.28. The first-order valence-electron chi connectivity index (χ1n) is 9.55. The average molecular weight is 354 g/mol. The minimum absolute atomic E-state index is 0.0354. The van der Waals surface area contributed by atoms with E-state index in [0.29, 0.717) is 18.3 Å². The molecule has 0 radical (unpaired) electrons. The molecule has 4 rings (SSSR count). The van der Waals surface area contributed by atoms with E-state index >= 15 is 0 Å². The molecule has 0 bridgehead atoms. The van der Waals surface area contributed by atoms with Gasteiger partial charge in [-0.15, -0.1) is 0 Å². The van der Waals surface area contributed by atoms with E-state index in [9.17, 15) is 14.4 Å². The van der Waals surface area contributed by atoms with Gasteiger partial charge in [0.05, 0.1) is 7.11 Å². The van der Waals surface area contributed by atoms with Gasteiger partial charge < -0.3 is 4.74 Å². The first kappa shape index (κ1) is 17.4. The van der Waals surface area contributed by atoms with E-state index in [1.165, 1.54) is 7.11 Å². The second-order valence-corrected chi connectivity index (χ2v) is 8.77. The van der Waals surface area contributed by atoms with Crippen LogP contribution in [-0.4, -0.2) is 24.6 Å². The lowest BCUT2D eigenvalue weighted by molar-refractivity contribution is -0.140. The van der Waals surface area contributed by atoms with Gasteiger partial charge in [0.15, 0.2) is 5.78 Å². The fourth-order valence-corrected chi connectivity index (χ4v) is 6.32. The number of ether oxygens (including phenoxy) is 1. The Morgan fingerprint density at radius 1 is 1.23 bits per heavy atom. The number of ketones is 2. The molecule has 0 spiro atoms. The van der Waals surface area contributed by atoms with E-state index in [2.05, 4.69) is 13.8 Å². The number of allylic oxidation sites excluding steroid dienone is 5. The monoisotopic (exact) mass is 354 g/mol. The van der Waals surface area contributed by atoms with E-state index in [0.717, 1.165) is 36.8 Å². The zero-order chi connectivity index (χ0) is 18.7. The smallest absolute Gasteiger partial charge is 0.330 e.